The fraction of sp³-hybridized carbons (Fsp3) is 0.333. The van der Waals surface area contributed by atoms with Crippen LogP contribution in [0.1, 0.15) is 5.56 Å². The van der Waals surface area contributed by atoms with Crippen molar-refractivity contribution in [2.75, 3.05) is 31.1 Å². The van der Waals surface area contributed by atoms with Crippen molar-refractivity contribution in [3.63, 3.8) is 0 Å². The van der Waals surface area contributed by atoms with E-state index in [4.69, 9.17) is 0 Å². The van der Waals surface area contributed by atoms with Crippen LogP contribution in [0.25, 0.3) is 5.69 Å². The van der Waals surface area contributed by atoms with E-state index in [9.17, 15) is 4.79 Å². The summed E-state index contributed by atoms with van der Waals surface area (Å²) in [5.41, 5.74) is 2.07. The summed E-state index contributed by atoms with van der Waals surface area (Å²) >= 11 is 0. The zero-order valence-electron chi connectivity index (χ0n) is 15.2. The number of carbonyl (C=O) groups excluding carboxylic acids is 1. The van der Waals surface area contributed by atoms with Crippen molar-refractivity contribution in [2.24, 2.45) is 7.05 Å². The minimum Gasteiger partial charge on any atom is -0.337 e. The van der Waals surface area contributed by atoms with Crippen LogP contribution in [-0.2, 0) is 13.6 Å². The molecule has 1 saturated heterocycles. The summed E-state index contributed by atoms with van der Waals surface area (Å²) in [7, 11) is 1.92. The number of imidazole rings is 1. The summed E-state index contributed by atoms with van der Waals surface area (Å²) in [5.74, 6) is 0.839. The van der Waals surface area contributed by atoms with E-state index in [1.165, 1.54) is 0 Å². The lowest BCUT2D eigenvalue weighted by Crippen LogP contribution is -2.52. The van der Waals surface area contributed by atoms with Crippen LogP contribution < -0.4 is 10.2 Å². The highest BCUT2D eigenvalue weighted by atomic mass is 16.2. The quantitative estimate of drug-likeness (QED) is 0.746. The highest BCUT2D eigenvalue weighted by Gasteiger charge is 2.23. The van der Waals surface area contributed by atoms with Crippen LogP contribution in [0.2, 0.25) is 0 Å². The molecule has 0 atom stereocenters. The summed E-state index contributed by atoms with van der Waals surface area (Å²) in [6, 6.07) is 8.01. The van der Waals surface area contributed by atoms with Crippen LogP contribution in [0.3, 0.4) is 0 Å². The van der Waals surface area contributed by atoms with Gasteiger partial charge in [0, 0.05) is 57.9 Å². The number of nitrogens with zero attached hydrogens (tertiary/aromatic N) is 7. The molecule has 140 valence electrons. The zero-order chi connectivity index (χ0) is 18.6. The normalized spacial score (nSPS) is 14.4. The number of nitrogens with one attached hydrogen (secondary N) is 1. The van der Waals surface area contributed by atoms with Gasteiger partial charge in [0.1, 0.15) is 6.33 Å². The van der Waals surface area contributed by atoms with Gasteiger partial charge in [0.2, 0.25) is 5.95 Å². The van der Waals surface area contributed by atoms with Gasteiger partial charge in [-0.25, -0.2) is 9.78 Å². The van der Waals surface area contributed by atoms with E-state index >= 15 is 0 Å². The number of piperazine rings is 1. The first kappa shape index (κ1) is 17.1. The van der Waals surface area contributed by atoms with E-state index in [1.54, 1.807) is 18.9 Å². The molecule has 0 aliphatic carbocycles. The maximum Gasteiger partial charge on any atom is 0.317 e. The fourth-order valence-corrected chi connectivity index (χ4v) is 3.20. The van der Waals surface area contributed by atoms with Crippen molar-refractivity contribution >= 4 is 12.0 Å². The smallest absolute Gasteiger partial charge is 0.317 e. The molecule has 3 aromatic rings. The van der Waals surface area contributed by atoms with Crippen molar-refractivity contribution in [3.05, 3.63) is 54.9 Å². The number of hydrogen-bond acceptors (Lipinski definition) is 5. The molecule has 1 aliphatic rings. The SMILES string of the molecule is Cn1cnnc1N1CCN(C(=O)NCc2cccc(-n3ccnc3)c2)CC1. The van der Waals surface area contributed by atoms with Gasteiger partial charge in [-0.2, -0.15) is 0 Å². The zero-order valence-corrected chi connectivity index (χ0v) is 15.2. The van der Waals surface area contributed by atoms with Crippen LogP contribution in [0.15, 0.2) is 49.3 Å². The average molecular weight is 366 g/mol. The Morgan fingerprint density at radius 2 is 2.04 bits per heavy atom. The number of rotatable bonds is 4. The molecule has 3 heterocycles. The predicted molar refractivity (Wildman–Crippen MR) is 101 cm³/mol. The average Bonchev–Trinajstić information content (AvgIpc) is 3.38. The Balaban J connectivity index is 1.30. The van der Waals surface area contributed by atoms with Gasteiger partial charge in [-0.3, -0.25) is 0 Å². The Morgan fingerprint density at radius 1 is 1.19 bits per heavy atom. The Labute approximate surface area is 157 Å². The minimum atomic E-state index is -0.0411. The molecular formula is C18H22N8O. The second kappa shape index (κ2) is 7.48. The molecule has 1 fully saturated rings. The predicted octanol–water partition coefficient (Wildman–Crippen LogP) is 1.03. The number of carbonyl (C=O) groups is 1. The second-order valence-corrected chi connectivity index (χ2v) is 6.51. The number of aryl methyl sites for hydroxylation is 1. The van der Waals surface area contributed by atoms with Crippen LogP contribution in [0.4, 0.5) is 10.7 Å². The van der Waals surface area contributed by atoms with Crippen molar-refractivity contribution in [2.45, 2.75) is 6.54 Å². The number of urea groups is 1. The largest absolute Gasteiger partial charge is 0.337 e. The summed E-state index contributed by atoms with van der Waals surface area (Å²) in [6.07, 6.45) is 7.09. The molecule has 2 aromatic heterocycles. The molecular weight excluding hydrogens is 344 g/mol. The van der Waals surface area contributed by atoms with Crippen molar-refractivity contribution < 1.29 is 4.79 Å². The highest BCUT2D eigenvalue weighted by Crippen LogP contribution is 2.13. The third kappa shape index (κ3) is 3.76. The molecule has 0 radical (unpaired) electrons. The van der Waals surface area contributed by atoms with Gasteiger partial charge in [-0.15, -0.1) is 10.2 Å². The molecule has 1 aliphatic heterocycles. The van der Waals surface area contributed by atoms with Gasteiger partial charge in [-0.05, 0) is 17.7 Å². The monoisotopic (exact) mass is 366 g/mol. The number of benzene rings is 1. The highest BCUT2D eigenvalue weighted by molar-refractivity contribution is 5.74. The van der Waals surface area contributed by atoms with E-state index in [0.717, 1.165) is 30.3 Å². The van der Waals surface area contributed by atoms with E-state index in [1.807, 2.05) is 51.5 Å². The fourth-order valence-electron chi connectivity index (χ4n) is 3.20. The maximum absolute atomic E-state index is 12.5. The van der Waals surface area contributed by atoms with Gasteiger partial charge in [0.25, 0.3) is 0 Å². The number of amides is 2. The standard InChI is InChI=1S/C18H22N8O/c1-23-14-21-22-17(23)24-7-9-25(10-8-24)18(27)20-12-15-3-2-4-16(11-15)26-6-5-19-13-26/h2-6,11,13-14H,7-10,12H2,1H3,(H,20,27). The lowest BCUT2D eigenvalue weighted by Gasteiger charge is -2.34. The van der Waals surface area contributed by atoms with E-state index in [0.29, 0.717) is 19.6 Å². The second-order valence-electron chi connectivity index (χ2n) is 6.51. The van der Waals surface area contributed by atoms with Crippen molar-refractivity contribution in [3.8, 4) is 5.69 Å². The first-order valence-electron chi connectivity index (χ1n) is 8.90. The first-order valence-corrected chi connectivity index (χ1v) is 8.90. The minimum absolute atomic E-state index is 0.0411. The Hall–Kier alpha value is -3.36. The molecule has 2 amide bonds. The molecule has 0 bridgehead atoms. The Bertz CT molecular complexity index is 896. The Morgan fingerprint density at radius 3 is 2.74 bits per heavy atom. The summed E-state index contributed by atoms with van der Waals surface area (Å²) in [4.78, 5) is 20.5. The molecule has 4 rings (SSSR count). The van der Waals surface area contributed by atoms with Gasteiger partial charge in [-0.1, -0.05) is 12.1 Å². The molecule has 1 aromatic carbocycles. The third-order valence-corrected chi connectivity index (χ3v) is 4.69. The lowest BCUT2D eigenvalue weighted by atomic mass is 10.2. The number of anilines is 1. The van der Waals surface area contributed by atoms with E-state index < -0.39 is 0 Å². The topological polar surface area (TPSA) is 84.1 Å². The summed E-state index contributed by atoms with van der Waals surface area (Å²) in [5, 5.41) is 11.1. The maximum atomic E-state index is 12.5. The first-order chi connectivity index (χ1) is 13.2. The lowest BCUT2D eigenvalue weighted by molar-refractivity contribution is 0.193. The molecule has 1 N–H and O–H groups in total. The molecule has 27 heavy (non-hydrogen) atoms. The molecule has 0 saturated carbocycles. The van der Waals surface area contributed by atoms with Crippen LogP contribution in [0.5, 0.6) is 0 Å². The van der Waals surface area contributed by atoms with Crippen molar-refractivity contribution in [1.29, 1.82) is 0 Å². The number of hydrogen-bond donors (Lipinski definition) is 1. The van der Waals surface area contributed by atoms with Crippen LogP contribution in [-0.4, -0.2) is 61.4 Å². The molecule has 9 heteroatoms. The van der Waals surface area contributed by atoms with Gasteiger partial charge in [0.15, 0.2) is 0 Å². The Kier molecular flexibility index (Phi) is 4.73. The van der Waals surface area contributed by atoms with Crippen molar-refractivity contribution in [1.82, 2.24) is 34.5 Å². The van der Waals surface area contributed by atoms with E-state index in [-0.39, 0.29) is 6.03 Å². The van der Waals surface area contributed by atoms with Crippen LogP contribution in [0, 0.1) is 0 Å². The molecule has 0 unspecified atom stereocenters. The van der Waals surface area contributed by atoms with Gasteiger partial charge >= 0.3 is 6.03 Å². The summed E-state index contributed by atoms with van der Waals surface area (Å²) < 4.78 is 3.83. The third-order valence-electron chi connectivity index (χ3n) is 4.69. The van der Waals surface area contributed by atoms with Gasteiger partial charge in [0.05, 0.1) is 6.33 Å². The number of aromatic nitrogens is 5. The van der Waals surface area contributed by atoms with E-state index in [2.05, 4.69) is 25.4 Å². The van der Waals surface area contributed by atoms with Gasteiger partial charge < -0.3 is 24.3 Å². The van der Waals surface area contributed by atoms with Crippen LogP contribution >= 0.6 is 0 Å². The summed E-state index contributed by atoms with van der Waals surface area (Å²) in [6.45, 7) is 3.30. The molecule has 0 spiro atoms. The molecule has 9 nitrogen and oxygen atoms in total.